The van der Waals surface area contributed by atoms with Gasteiger partial charge in [-0.1, -0.05) is 5.16 Å². The minimum absolute atomic E-state index is 0.440. The van der Waals surface area contributed by atoms with E-state index in [2.05, 4.69) is 10.1 Å². The van der Waals surface area contributed by atoms with Crippen molar-refractivity contribution in [2.24, 2.45) is 11.7 Å². The summed E-state index contributed by atoms with van der Waals surface area (Å²) in [5.41, 5.74) is 6.33. The first-order chi connectivity index (χ1) is 8.31. The lowest BCUT2D eigenvalue weighted by Gasteiger charge is -2.31. The van der Waals surface area contributed by atoms with Crippen molar-refractivity contribution in [3.63, 3.8) is 0 Å². The van der Waals surface area contributed by atoms with E-state index in [1.54, 1.807) is 7.11 Å². The zero-order chi connectivity index (χ0) is 12.1. The second kappa shape index (κ2) is 6.14. The second-order valence-electron chi connectivity index (χ2n) is 4.69. The van der Waals surface area contributed by atoms with Crippen molar-refractivity contribution in [2.45, 2.75) is 25.9 Å². The van der Waals surface area contributed by atoms with Gasteiger partial charge in [-0.3, -0.25) is 4.90 Å². The Morgan fingerprint density at radius 3 is 3.24 bits per heavy atom. The Bertz CT molecular complexity index is 338. The Labute approximate surface area is 102 Å². The zero-order valence-corrected chi connectivity index (χ0v) is 10.4. The molecule has 1 aliphatic rings. The van der Waals surface area contributed by atoms with Crippen molar-refractivity contribution in [1.29, 1.82) is 0 Å². The molecule has 1 unspecified atom stereocenters. The third-order valence-electron chi connectivity index (χ3n) is 3.20. The fourth-order valence-corrected chi connectivity index (χ4v) is 2.41. The molecular formula is C12H21N3O2. The van der Waals surface area contributed by atoms with Gasteiger partial charge in [0, 0.05) is 26.3 Å². The maximum atomic E-state index is 5.51. The maximum absolute atomic E-state index is 5.51. The van der Waals surface area contributed by atoms with E-state index in [4.69, 9.17) is 15.0 Å². The van der Waals surface area contributed by atoms with E-state index in [9.17, 15) is 0 Å². The van der Waals surface area contributed by atoms with Crippen molar-refractivity contribution in [3.05, 3.63) is 17.5 Å². The van der Waals surface area contributed by atoms with Crippen LogP contribution in [-0.4, -0.2) is 36.9 Å². The minimum atomic E-state index is 0.440. The summed E-state index contributed by atoms with van der Waals surface area (Å²) in [6, 6.07) is 1.94. The Balaban J connectivity index is 1.85. The van der Waals surface area contributed by atoms with Gasteiger partial charge in [-0.05, 0) is 25.3 Å². The van der Waals surface area contributed by atoms with E-state index in [1.807, 2.05) is 6.07 Å². The lowest BCUT2D eigenvalue weighted by Crippen LogP contribution is -2.36. The van der Waals surface area contributed by atoms with Crippen molar-refractivity contribution >= 4 is 0 Å². The molecule has 1 atom stereocenters. The van der Waals surface area contributed by atoms with E-state index < -0.39 is 0 Å². The molecule has 0 radical (unpaired) electrons. The molecule has 0 saturated carbocycles. The zero-order valence-electron chi connectivity index (χ0n) is 10.4. The van der Waals surface area contributed by atoms with Gasteiger partial charge in [0.05, 0.1) is 18.8 Å². The molecule has 2 N–H and O–H groups in total. The van der Waals surface area contributed by atoms with Crippen LogP contribution in [-0.2, 0) is 17.8 Å². The molecule has 1 saturated heterocycles. The fraction of sp³-hybridized carbons (Fsp3) is 0.750. The van der Waals surface area contributed by atoms with Gasteiger partial charge in [0.1, 0.15) is 0 Å². The van der Waals surface area contributed by atoms with Crippen LogP contribution in [0.25, 0.3) is 0 Å². The number of aromatic nitrogens is 1. The summed E-state index contributed by atoms with van der Waals surface area (Å²) in [4.78, 5) is 2.40. The molecule has 2 rings (SSSR count). The van der Waals surface area contributed by atoms with Gasteiger partial charge >= 0.3 is 0 Å². The lowest BCUT2D eigenvalue weighted by atomic mass is 9.99. The smallest absolute Gasteiger partial charge is 0.151 e. The van der Waals surface area contributed by atoms with Crippen LogP contribution in [0.3, 0.4) is 0 Å². The van der Waals surface area contributed by atoms with Gasteiger partial charge in [-0.25, -0.2) is 0 Å². The van der Waals surface area contributed by atoms with Crippen LogP contribution in [0.15, 0.2) is 10.6 Å². The SMILES string of the molecule is COCC1CCCN(Cc2cc(CN)no2)C1. The molecule has 5 heteroatoms. The van der Waals surface area contributed by atoms with Crippen LogP contribution < -0.4 is 5.73 Å². The minimum Gasteiger partial charge on any atom is -0.384 e. The number of hydrogen-bond donors (Lipinski definition) is 1. The molecule has 0 spiro atoms. The highest BCUT2D eigenvalue weighted by Gasteiger charge is 2.20. The van der Waals surface area contributed by atoms with E-state index >= 15 is 0 Å². The van der Waals surface area contributed by atoms with Gasteiger partial charge < -0.3 is 15.0 Å². The Hall–Kier alpha value is -0.910. The number of hydrogen-bond acceptors (Lipinski definition) is 5. The topological polar surface area (TPSA) is 64.5 Å². The van der Waals surface area contributed by atoms with Crippen LogP contribution in [0.5, 0.6) is 0 Å². The van der Waals surface area contributed by atoms with Gasteiger partial charge in [0.15, 0.2) is 5.76 Å². The first-order valence-corrected chi connectivity index (χ1v) is 6.17. The van der Waals surface area contributed by atoms with E-state index in [0.717, 1.165) is 37.7 Å². The largest absolute Gasteiger partial charge is 0.384 e. The highest BCUT2D eigenvalue weighted by Crippen LogP contribution is 2.19. The molecule has 0 bridgehead atoms. The fourth-order valence-electron chi connectivity index (χ4n) is 2.41. The van der Waals surface area contributed by atoms with Gasteiger partial charge in [0.25, 0.3) is 0 Å². The average molecular weight is 239 g/mol. The van der Waals surface area contributed by atoms with Crippen LogP contribution in [0.4, 0.5) is 0 Å². The number of piperidine rings is 1. The summed E-state index contributed by atoms with van der Waals surface area (Å²) >= 11 is 0. The molecule has 0 amide bonds. The first kappa shape index (κ1) is 12.5. The van der Waals surface area contributed by atoms with E-state index in [1.165, 1.54) is 12.8 Å². The quantitative estimate of drug-likeness (QED) is 0.830. The molecule has 1 aromatic rings. The molecule has 0 aromatic carbocycles. The van der Waals surface area contributed by atoms with Crippen LogP contribution in [0.1, 0.15) is 24.3 Å². The first-order valence-electron chi connectivity index (χ1n) is 6.17. The van der Waals surface area contributed by atoms with Crippen molar-refractivity contribution in [3.8, 4) is 0 Å². The molecule has 5 nitrogen and oxygen atoms in total. The lowest BCUT2D eigenvalue weighted by molar-refractivity contribution is 0.0829. The molecule has 1 fully saturated rings. The second-order valence-corrected chi connectivity index (χ2v) is 4.69. The van der Waals surface area contributed by atoms with Gasteiger partial charge in [-0.2, -0.15) is 0 Å². The molecular weight excluding hydrogens is 218 g/mol. The van der Waals surface area contributed by atoms with E-state index in [-0.39, 0.29) is 0 Å². The Kier molecular flexibility index (Phi) is 4.53. The highest BCUT2D eigenvalue weighted by molar-refractivity contribution is 5.04. The summed E-state index contributed by atoms with van der Waals surface area (Å²) in [5, 5.41) is 3.90. The monoisotopic (exact) mass is 239 g/mol. The molecule has 96 valence electrons. The molecule has 1 aliphatic heterocycles. The number of likely N-dealkylation sites (tertiary alicyclic amines) is 1. The third kappa shape index (κ3) is 3.52. The number of ether oxygens (including phenoxy) is 1. The van der Waals surface area contributed by atoms with Gasteiger partial charge in [0.2, 0.25) is 0 Å². The summed E-state index contributed by atoms with van der Waals surface area (Å²) in [6.45, 7) is 4.31. The van der Waals surface area contributed by atoms with Crippen LogP contribution in [0, 0.1) is 5.92 Å². The molecule has 0 aliphatic carbocycles. The van der Waals surface area contributed by atoms with Crippen LogP contribution in [0.2, 0.25) is 0 Å². The highest BCUT2D eigenvalue weighted by atomic mass is 16.5. The summed E-state index contributed by atoms with van der Waals surface area (Å²) < 4.78 is 10.5. The molecule has 2 heterocycles. The average Bonchev–Trinajstić information content (AvgIpc) is 2.78. The predicted octanol–water partition coefficient (Wildman–Crippen LogP) is 0.992. The normalized spacial score (nSPS) is 21.9. The van der Waals surface area contributed by atoms with Gasteiger partial charge in [-0.15, -0.1) is 0 Å². The predicted molar refractivity (Wildman–Crippen MR) is 64.3 cm³/mol. The van der Waals surface area contributed by atoms with E-state index in [0.29, 0.717) is 12.5 Å². The van der Waals surface area contributed by atoms with Crippen molar-refractivity contribution in [2.75, 3.05) is 26.8 Å². The summed E-state index contributed by atoms with van der Waals surface area (Å²) in [5.74, 6) is 1.55. The Morgan fingerprint density at radius 1 is 1.65 bits per heavy atom. The molecule has 1 aromatic heterocycles. The van der Waals surface area contributed by atoms with Crippen molar-refractivity contribution in [1.82, 2.24) is 10.1 Å². The third-order valence-corrected chi connectivity index (χ3v) is 3.20. The summed E-state index contributed by atoms with van der Waals surface area (Å²) in [7, 11) is 1.77. The standard InChI is InChI=1S/C12H21N3O2/c1-16-9-10-3-2-4-15(7-10)8-12-5-11(6-13)14-17-12/h5,10H,2-4,6-9,13H2,1H3. The number of methoxy groups -OCH3 is 1. The maximum Gasteiger partial charge on any atom is 0.151 e. The summed E-state index contributed by atoms with van der Waals surface area (Å²) in [6.07, 6.45) is 2.49. The Morgan fingerprint density at radius 2 is 2.53 bits per heavy atom. The number of rotatable bonds is 5. The number of nitrogens with two attached hydrogens (primary N) is 1. The molecule has 17 heavy (non-hydrogen) atoms. The van der Waals surface area contributed by atoms with Crippen molar-refractivity contribution < 1.29 is 9.26 Å². The number of nitrogens with zero attached hydrogens (tertiary/aromatic N) is 2. The van der Waals surface area contributed by atoms with Crippen LogP contribution >= 0.6 is 0 Å².